The molecule has 1 atom stereocenters. The lowest BCUT2D eigenvalue weighted by Gasteiger charge is -2.34. The highest BCUT2D eigenvalue weighted by molar-refractivity contribution is 6.15. The number of carbonyl (C=O) groups is 1. The molecule has 1 aromatic heterocycles. The molecular weight excluding hydrogens is 370 g/mol. The van der Waals surface area contributed by atoms with Crippen molar-refractivity contribution in [3.8, 4) is 0 Å². The van der Waals surface area contributed by atoms with Crippen LogP contribution in [-0.2, 0) is 24.3 Å². The molecule has 3 heterocycles. The van der Waals surface area contributed by atoms with Gasteiger partial charge >= 0.3 is 0 Å². The van der Waals surface area contributed by atoms with Crippen LogP contribution in [0.15, 0.2) is 59.7 Å². The number of benzene rings is 2. The standard InChI is InChI=1S/C26H25N3O/c1-16-5-4-6-19(9-16)18(3)29-15-23-12-24-22(11-21(23)13-25(29)30)14-28-26(24)20-7-8-27-17(2)10-20/h4-12,18H,13-15H2,1-3H3/t18-/m1/s1. The average molecular weight is 396 g/mol. The van der Waals surface area contributed by atoms with Gasteiger partial charge in [-0.2, -0.15) is 0 Å². The number of carbonyl (C=O) groups excluding carboxylic acids is 1. The fourth-order valence-electron chi connectivity index (χ4n) is 4.59. The molecule has 1 amide bonds. The van der Waals surface area contributed by atoms with Gasteiger partial charge in [-0.3, -0.25) is 14.8 Å². The number of nitrogens with zero attached hydrogens (tertiary/aromatic N) is 3. The smallest absolute Gasteiger partial charge is 0.227 e. The summed E-state index contributed by atoms with van der Waals surface area (Å²) < 4.78 is 0. The zero-order chi connectivity index (χ0) is 20.8. The van der Waals surface area contributed by atoms with E-state index in [9.17, 15) is 4.79 Å². The Bertz CT molecular complexity index is 1190. The molecule has 0 N–H and O–H groups in total. The summed E-state index contributed by atoms with van der Waals surface area (Å²) in [5, 5.41) is 0. The van der Waals surface area contributed by atoms with Crippen LogP contribution in [0.2, 0.25) is 0 Å². The largest absolute Gasteiger partial charge is 0.331 e. The van der Waals surface area contributed by atoms with Crippen LogP contribution in [0.4, 0.5) is 0 Å². The second-order valence-corrected chi connectivity index (χ2v) is 8.42. The predicted molar refractivity (Wildman–Crippen MR) is 119 cm³/mol. The van der Waals surface area contributed by atoms with Crippen LogP contribution >= 0.6 is 0 Å². The van der Waals surface area contributed by atoms with Crippen LogP contribution in [0, 0.1) is 13.8 Å². The topological polar surface area (TPSA) is 45.6 Å². The minimum atomic E-state index is 0.0507. The summed E-state index contributed by atoms with van der Waals surface area (Å²) in [6.45, 7) is 7.53. The zero-order valence-corrected chi connectivity index (χ0v) is 17.6. The average Bonchev–Trinajstić information content (AvgIpc) is 3.14. The van der Waals surface area contributed by atoms with Gasteiger partial charge in [0.2, 0.25) is 5.91 Å². The van der Waals surface area contributed by atoms with Crippen molar-refractivity contribution in [1.29, 1.82) is 0 Å². The molecule has 0 saturated carbocycles. The van der Waals surface area contributed by atoms with Crippen molar-refractivity contribution in [3.05, 3.63) is 99.4 Å². The molecule has 0 spiro atoms. The monoisotopic (exact) mass is 395 g/mol. The predicted octanol–water partition coefficient (Wildman–Crippen LogP) is 4.70. The molecule has 3 aromatic rings. The maximum Gasteiger partial charge on any atom is 0.227 e. The van der Waals surface area contributed by atoms with Crippen molar-refractivity contribution in [2.45, 2.75) is 46.3 Å². The summed E-state index contributed by atoms with van der Waals surface area (Å²) in [6.07, 6.45) is 2.30. The molecule has 5 rings (SSSR count). The van der Waals surface area contributed by atoms with Gasteiger partial charge in [0.05, 0.1) is 24.7 Å². The van der Waals surface area contributed by atoms with Crippen molar-refractivity contribution < 1.29 is 4.79 Å². The van der Waals surface area contributed by atoms with Gasteiger partial charge in [-0.1, -0.05) is 35.9 Å². The summed E-state index contributed by atoms with van der Waals surface area (Å²) in [7, 11) is 0. The van der Waals surface area contributed by atoms with Gasteiger partial charge in [0.1, 0.15) is 0 Å². The summed E-state index contributed by atoms with van der Waals surface area (Å²) in [4.78, 5) is 24.1. The van der Waals surface area contributed by atoms with Gasteiger partial charge in [-0.05, 0) is 61.2 Å². The number of hydrogen-bond acceptors (Lipinski definition) is 3. The minimum Gasteiger partial charge on any atom is -0.331 e. The fraction of sp³-hybridized carbons (Fsp3) is 0.269. The first-order chi connectivity index (χ1) is 14.5. The van der Waals surface area contributed by atoms with E-state index in [-0.39, 0.29) is 11.9 Å². The lowest BCUT2D eigenvalue weighted by atomic mass is 9.90. The van der Waals surface area contributed by atoms with E-state index >= 15 is 0 Å². The van der Waals surface area contributed by atoms with E-state index in [1.165, 1.54) is 27.8 Å². The summed E-state index contributed by atoms with van der Waals surface area (Å²) in [5.74, 6) is 0.195. The van der Waals surface area contributed by atoms with Crippen LogP contribution < -0.4 is 0 Å². The van der Waals surface area contributed by atoms with Gasteiger partial charge < -0.3 is 4.90 Å². The molecule has 150 valence electrons. The highest BCUT2D eigenvalue weighted by atomic mass is 16.2. The van der Waals surface area contributed by atoms with E-state index in [0.29, 0.717) is 19.5 Å². The van der Waals surface area contributed by atoms with Gasteiger partial charge in [-0.15, -0.1) is 0 Å². The molecule has 0 fully saturated rings. The highest BCUT2D eigenvalue weighted by Crippen LogP contribution is 2.33. The van der Waals surface area contributed by atoms with Gasteiger partial charge in [0, 0.05) is 29.6 Å². The first-order valence-electron chi connectivity index (χ1n) is 10.5. The third kappa shape index (κ3) is 3.22. The Morgan fingerprint density at radius 2 is 1.87 bits per heavy atom. The minimum absolute atomic E-state index is 0.0507. The summed E-state index contributed by atoms with van der Waals surface area (Å²) >= 11 is 0. The number of aryl methyl sites for hydroxylation is 2. The van der Waals surface area contributed by atoms with Crippen LogP contribution in [0.25, 0.3) is 0 Å². The Labute approximate surface area is 177 Å². The maximum atomic E-state index is 13.0. The lowest BCUT2D eigenvalue weighted by molar-refractivity contribution is -0.134. The van der Waals surface area contributed by atoms with Crippen LogP contribution in [-0.4, -0.2) is 21.5 Å². The number of hydrogen-bond donors (Lipinski definition) is 0. The van der Waals surface area contributed by atoms with E-state index in [0.717, 1.165) is 22.5 Å². The second kappa shape index (κ2) is 7.21. The number of amides is 1. The molecule has 0 bridgehead atoms. The SMILES string of the molecule is Cc1cccc([C@@H](C)N2Cc3cc4c(cc3CC2=O)CN=C4c2ccnc(C)c2)c1. The summed E-state index contributed by atoms with van der Waals surface area (Å²) in [6, 6.07) is 17.1. The van der Waals surface area contributed by atoms with Crippen LogP contribution in [0.1, 0.15) is 57.6 Å². The maximum absolute atomic E-state index is 13.0. The Kier molecular flexibility index (Phi) is 4.50. The van der Waals surface area contributed by atoms with Crippen molar-refractivity contribution >= 4 is 11.6 Å². The highest BCUT2D eigenvalue weighted by Gasteiger charge is 2.30. The van der Waals surface area contributed by atoms with E-state index in [2.05, 4.69) is 61.3 Å². The van der Waals surface area contributed by atoms with Crippen molar-refractivity contribution in [2.24, 2.45) is 4.99 Å². The summed E-state index contributed by atoms with van der Waals surface area (Å²) in [5.41, 5.74) is 10.3. The van der Waals surface area contributed by atoms with Crippen LogP contribution in [0.3, 0.4) is 0 Å². The fourth-order valence-corrected chi connectivity index (χ4v) is 4.59. The molecule has 2 aliphatic rings. The molecule has 4 heteroatoms. The lowest BCUT2D eigenvalue weighted by Crippen LogP contribution is -2.38. The quantitative estimate of drug-likeness (QED) is 0.646. The number of fused-ring (bicyclic) bond motifs is 2. The number of pyridine rings is 1. The first kappa shape index (κ1) is 18.7. The molecule has 2 aliphatic heterocycles. The molecule has 0 aliphatic carbocycles. The molecule has 0 saturated heterocycles. The Hall–Kier alpha value is -3.27. The Morgan fingerprint density at radius 1 is 1.00 bits per heavy atom. The second-order valence-electron chi connectivity index (χ2n) is 8.42. The number of aromatic nitrogens is 1. The van der Waals surface area contributed by atoms with E-state index in [4.69, 9.17) is 4.99 Å². The van der Waals surface area contributed by atoms with Crippen molar-refractivity contribution in [2.75, 3.05) is 0 Å². The molecule has 4 nitrogen and oxygen atoms in total. The normalized spacial score (nSPS) is 16.2. The van der Waals surface area contributed by atoms with Crippen LogP contribution in [0.5, 0.6) is 0 Å². The van der Waals surface area contributed by atoms with Gasteiger partial charge in [0.15, 0.2) is 0 Å². The number of aliphatic imine (C=N–C) groups is 1. The van der Waals surface area contributed by atoms with Crippen molar-refractivity contribution in [1.82, 2.24) is 9.88 Å². The van der Waals surface area contributed by atoms with E-state index in [1.807, 2.05) is 24.1 Å². The van der Waals surface area contributed by atoms with Gasteiger partial charge in [-0.25, -0.2) is 0 Å². The molecule has 2 aromatic carbocycles. The van der Waals surface area contributed by atoms with E-state index < -0.39 is 0 Å². The molecule has 0 radical (unpaired) electrons. The number of rotatable bonds is 3. The Balaban J connectivity index is 1.49. The third-order valence-corrected chi connectivity index (χ3v) is 6.25. The Morgan fingerprint density at radius 3 is 2.67 bits per heavy atom. The molecule has 30 heavy (non-hydrogen) atoms. The van der Waals surface area contributed by atoms with E-state index in [1.54, 1.807) is 0 Å². The zero-order valence-electron chi connectivity index (χ0n) is 17.6. The molecular formula is C26H25N3O. The molecule has 0 unspecified atom stereocenters. The van der Waals surface area contributed by atoms with Crippen molar-refractivity contribution in [3.63, 3.8) is 0 Å². The van der Waals surface area contributed by atoms with Gasteiger partial charge in [0.25, 0.3) is 0 Å². The first-order valence-corrected chi connectivity index (χ1v) is 10.5. The third-order valence-electron chi connectivity index (χ3n) is 6.25.